The first-order chi connectivity index (χ1) is 9.69. The van der Waals surface area contributed by atoms with Gasteiger partial charge in [0, 0.05) is 28.1 Å². The fourth-order valence-corrected chi connectivity index (χ4v) is 2.86. The van der Waals surface area contributed by atoms with Crippen molar-refractivity contribution in [3.05, 3.63) is 52.8 Å². The van der Waals surface area contributed by atoms with Crippen LogP contribution in [0.4, 0.5) is 4.39 Å². The van der Waals surface area contributed by atoms with E-state index in [0.29, 0.717) is 23.6 Å². The van der Waals surface area contributed by atoms with Gasteiger partial charge in [0.2, 0.25) is 0 Å². The smallest absolute Gasteiger partial charge is 0.131 e. The van der Waals surface area contributed by atoms with Gasteiger partial charge < -0.3 is 10.5 Å². The van der Waals surface area contributed by atoms with E-state index in [2.05, 4.69) is 0 Å². The Hall–Kier alpha value is -1.58. The molecule has 20 heavy (non-hydrogen) atoms. The minimum absolute atomic E-state index is 0.0260. The Balaban J connectivity index is 2.08. The Labute approximate surface area is 122 Å². The lowest BCUT2D eigenvalue weighted by molar-refractivity contribution is 0.225. The highest BCUT2D eigenvalue weighted by Gasteiger charge is 2.26. The normalized spacial score (nSPS) is 16.9. The van der Waals surface area contributed by atoms with Gasteiger partial charge in [-0.15, -0.1) is 0 Å². The van der Waals surface area contributed by atoms with Gasteiger partial charge in [0.1, 0.15) is 17.7 Å². The Bertz CT molecular complexity index is 644. The van der Waals surface area contributed by atoms with Crippen LogP contribution in [0, 0.1) is 5.82 Å². The van der Waals surface area contributed by atoms with Gasteiger partial charge in [-0.3, -0.25) is 0 Å². The molecule has 0 aromatic heterocycles. The Kier molecular flexibility index (Phi) is 3.64. The molecule has 0 spiro atoms. The lowest BCUT2D eigenvalue weighted by atomic mass is 10.00. The van der Waals surface area contributed by atoms with Gasteiger partial charge >= 0.3 is 0 Å². The summed E-state index contributed by atoms with van der Waals surface area (Å²) in [5.74, 6) is 0.466. The lowest BCUT2D eigenvalue weighted by Crippen LogP contribution is -2.17. The molecule has 0 amide bonds. The van der Waals surface area contributed by atoms with Crippen molar-refractivity contribution in [3.8, 4) is 16.9 Å². The first-order valence-electron chi connectivity index (χ1n) is 6.63. The van der Waals surface area contributed by atoms with E-state index >= 15 is 0 Å². The van der Waals surface area contributed by atoms with Crippen molar-refractivity contribution in [2.24, 2.45) is 5.73 Å². The first kappa shape index (κ1) is 13.4. The first-order valence-corrected chi connectivity index (χ1v) is 7.01. The molecule has 104 valence electrons. The van der Waals surface area contributed by atoms with Gasteiger partial charge in [-0.05, 0) is 31.2 Å². The summed E-state index contributed by atoms with van der Waals surface area (Å²) in [6.07, 6.45) is 1.48. The second kappa shape index (κ2) is 5.43. The van der Waals surface area contributed by atoms with Gasteiger partial charge in [0.15, 0.2) is 0 Å². The molecule has 0 radical (unpaired) electrons. The number of fused-ring (bicyclic) bond motifs is 1. The Morgan fingerprint density at radius 3 is 2.80 bits per heavy atom. The van der Waals surface area contributed by atoms with E-state index in [1.807, 2.05) is 18.2 Å². The molecule has 0 aliphatic carbocycles. The zero-order chi connectivity index (χ0) is 14.1. The standard InChI is InChI=1S/C16H15ClFNO/c17-15-4-2-1-3-13(15)14-9-11(18)7-10-8-12(5-6-19)20-16(10)14/h1-4,7,9,12H,5-6,8,19H2. The van der Waals surface area contributed by atoms with Crippen molar-refractivity contribution in [2.75, 3.05) is 6.54 Å². The van der Waals surface area contributed by atoms with Crippen molar-refractivity contribution in [1.82, 2.24) is 0 Å². The predicted molar refractivity (Wildman–Crippen MR) is 78.6 cm³/mol. The van der Waals surface area contributed by atoms with E-state index in [1.165, 1.54) is 12.1 Å². The van der Waals surface area contributed by atoms with E-state index < -0.39 is 0 Å². The monoisotopic (exact) mass is 291 g/mol. The zero-order valence-electron chi connectivity index (χ0n) is 10.9. The van der Waals surface area contributed by atoms with Gasteiger partial charge in [-0.25, -0.2) is 4.39 Å². The summed E-state index contributed by atoms with van der Waals surface area (Å²) in [5.41, 5.74) is 7.96. The maximum absolute atomic E-state index is 13.8. The summed E-state index contributed by atoms with van der Waals surface area (Å²) in [6.45, 7) is 0.558. The third-order valence-electron chi connectivity index (χ3n) is 3.52. The molecule has 0 saturated heterocycles. The van der Waals surface area contributed by atoms with Crippen LogP contribution in [0.15, 0.2) is 36.4 Å². The second-order valence-corrected chi connectivity index (χ2v) is 5.35. The number of halogens is 2. The molecule has 1 heterocycles. The molecule has 2 N–H and O–H groups in total. The van der Waals surface area contributed by atoms with Crippen LogP contribution in [-0.2, 0) is 6.42 Å². The van der Waals surface area contributed by atoms with Crippen LogP contribution in [0.3, 0.4) is 0 Å². The summed E-state index contributed by atoms with van der Waals surface area (Å²) in [6, 6.07) is 10.4. The molecular formula is C16H15ClFNO. The van der Waals surface area contributed by atoms with E-state index in [4.69, 9.17) is 22.1 Å². The predicted octanol–water partition coefficient (Wildman–Crippen LogP) is 3.80. The second-order valence-electron chi connectivity index (χ2n) is 4.94. The van der Waals surface area contributed by atoms with Gasteiger partial charge in [-0.2, -0.15) is 0 Å². The average Bonchev–Trinajstić information content (AvgIpc) is 2.81. The minimum Gasteiger partial charge on any atom is -0.489 e. The Morgan fingerprint density at radius 2 is 2.05 bits per heavy atom. The molecule has 2 nitrogen and oxygen atoms in total. The van der Waals surface area contributed by atoms with Crippen LogP contribution in [0.25, 0.3) is 11.1 Å². The number of hydrogen-bond acceptors (Lipinski definition) is 2. The van der Waals surface area contributed by atoms with Crippen LogP contribution in [0.2, 0.25) is 5.02 Å². The molecule has 3 rings (SSSR count). The van der Waals surface area contributed by atoms with Crippen molar-refractivity contribution < 1.29 is 9.13 Å². The topological polar surface area (TPSA) is 35.2 Å². The van der Waals surface area contributed by atoms with Crippen molar-refractivity contribution >= 4 is 11.6 Å². The van der Waals surface area contributed by atoms with Crippen LogP contribution >= 0.6 is 11.6 Å². The molecule has 1 atom stereocenters. The summed E-state index contributed by atoms with van der Waals surface area (Å²) in [7, 11) is 0. The van der Waals surface area contributed by atoms with Crippen molar-refractivity contribution in [1.29, 1.82) is 0 Å². The van der Waals surface area contributed by atoms with Gasteiger partial charge in [0.25, 0.3) is 0 Å². The number of nitrogens with two attached hydrogens (primary N) is 1. The van der Waals surface area contributed by atoms with Crippen LogP contribution < -0.4 is 10.5 Å². The summed E-state index contributed by atoms with van der Waals surface area (Å²) in [4.78, 5) is 0. The quantitative estimate of drug-likeness (QED) is 0.933. The van der Waals surface area contributed by atoms with Crippen molar-refractivity contribution in [3.63, 3.8) is 0 Å². The van der Waals surface area contributed by atoms with Gasteiger partial charge in [-0.1, -0.05) is 29.8 Å². The molecule has 1 aliphatic rings. The largest absolute Gasteiger partial charge is 0.489 e. The summed E-state index contributed by atoms with van der Waals surface area (Å²) in [5, 5.41) is 0.589. The summed E-state index contributed by atoms with van der Waals surface area (Å²) >= 11 is 6.21. The third kappa shape index (κ3) is 2.39. The molecule has 4 heteroatoms. The fraction of sp³-hybridized carbons (Fsp3) is 0.250. The number of ether oxygens (including phenoxy) is 1. The molecule has 2 aromatic carbocycles. The number of rotatable bonds is 3. The van der Waals surface area contributed by atoms with E-state index in [-0.39, 0.29) is 11.9 Å². The molecule has 0 saturated carbocycles. The molecule has 0 fully saturated rings. The maximum Gasteiger partial charge on any atom is 0.131 e. The third-order valence-corrected chi connectivity index (χ3v) is 3.84. The maximum atomic E-state index is 13.8. The van der Waals surface area contributed by atoms with Crippen molar-refractivity contribution in [2.45, 2.75) is 18.9 Å². The molecule has 0 bridgehead atoms. The summed E-state index contributed by atoms with van der Waals surface area (Å²) < 4.78 is 19.8. The lowest BCUT2D eigenvalue weighted by Gasteiger charge is -2.12. The number of hydrogen-bond donors (Lipinski definition) is 1. The van der Waals surface area contributed by atoms with E-state index in [1.54, 1.807) is 6.07 Å². The van der Waals surface area contributed by atoms with Crippen LogP contribution in [0.5, 0.6) is 5.75 Å². The molecule has 2 aromatic rings. The SMILES string of the molecule is NCCC1Cc2cc(F)cc(-c3ccccc3Cl)c2O1. The minimum atomic E-state index is -0.268. The molecule has 1 aliphatic heterocycles. The fourth-order valence-electron chi connectivity index (χ4n) is 2.62. The highest BCUT2D eigenvalue weighted by atomic mass is 35.5. The van der Waals surface area contributed by atoms with E-state index in [0.717, 1.165) is 23.3 Å². The zero-order valence-corrected chi connectivity index (χ0v) is 11.7. The van der Waals surface area contributed by atoms with E-state index in [9.17, 15) is 4.39 Å². The Morgan fingerprint density at radius 1 is 1.25 bits per heavy atom. The number of benzene rings is 2. The molecule has 1 unspecified atom stereocenters. The van der Waals surface area contributed by atoms with Crippen LogP contribution in [-0.4, -0.2) is 12.6 Å². The highest BCUT2D eigenvalue weighted by Crippen LogP contribution is 2.42. The highest BCUT2D eigenvalue weighted by molar-refractivity contribution is 6.33. The molecular weight excluding hydrogens is 277 g/mol. The average molecular weight is 292 g/mol. The van der Waals surface area contributed by atoms with Crippen LogP contribution in [0.1, 0.15) is 12.0 Å². The van der Waals surface area contributed by atoms with Gasteiger partial charge in [0.05, 0.1) is 0 Å².